The van der Waals surface area contributed by atoms with Crippen molar-refractivity contribution in [2.75, 3.05) is 18.5 Å². The molecular weight excluding hydrogens is 230 g/mol. The highest BCUT2D eigenvalue weighted by atomic mass is 16.5. The zero-order valence-electron chi connectivity index (χ0n) is 10.6. The number of hydrogen-bond donors (Lipinski definition) is 1. The van der Waals surface area contributed by atoms with E-state index < -0.39 is 0 Å². The topological polar surface area (TPSA) is 47.6 Å². The van der Waals surface area contributed by atoms with Crippen LogP contribution in [0.2, 0.25) is 0 Å². The van der Waals surface area contributed by atoms with E-state index in [9.17, 15) is 4.79 Å². The molecule has 1 aliphatic heterocycles. The molecular formula is C14H17NO3. The molecule has 1 unspecified atom stereocenters. The average molecular weight is 247 g/mol. The van der Waals surface area contributed by atoms with Gasteiger partial charge in [-0.2, -0.15) is 0 Å². The molecule has 1 amide bonds. The predicted octanol–water partition coefficient (Wildman–Crippen LogP) is 2.37. The number of anilines is 1. The van der Waals surface area contributed by atoms with Crippen LogP contribution in [-0.2, 0) is 9.53 Å². The first-order valence-electron chi connectivity index (χ1n) is 5.94. The van der Waals surface area contributed by atoms with Gasteiger partial charge >= 0.3 is 0 Å². The number of hydrogen-bond acceptors (Lipinski definition) is 3. The minimum atomic E-state index is -0.0804. The summed E-state index contributed by atoms with van der Waals surface area (Å²) in [5, 5.41) is 2.71. The highest BCUT2D eigenvalue weighted by molar-refractivity contribution is 5.88. The molecule has 0 bridgehead atoms. The van der Waals surface area contributed by atoms with Gasteiger partial charge in [-0.15, -0.1) is 0 Å². The van der Waals surface area contributed by atoms with Gasteiger partial charge in [-0.05, 0) is 36.8 Å². The van der Waals surface area contributed by atoms with Gasteiger partial charge in [0.05, 0.1) is 13.2 Å². The van der Waals surface area contributed by atoms with E-state index in [-0.39, 0.29) is 12.0 Å². The van der Waals surface area contributed by atoms with Gasteiger partial charge < -0.3 is 14.8 Å². The highest BCUT2D eigenvalue weighted by Crippen LogP contribution is 2.20. The number of carbonyl (C=O) groups is 1. The summed E-state index contributed by atoms with van der Waals surface area (Å²) in [5.41, 5.74) is 1.95. The summed E-state index contributed by atoms with van der Waals surface area (Å²) in [7, 11) is 0. The quantitative estimate of drug-likeness (QED) is 0.834. The first-order chi connectivity index (χ1) is 8.65. The van der Waals surface area contributed by atoms with Gasteiger partial charge in [0.1, 0.15) is 11.9 Å². The fourth-order valence-electron chi connectivity index (χ4n) is 1.74. The van der Waals surface area contributed by atoms with E-state index in [1.807, 2.05) is 37.3 Å². The van der Waals surface area contributed by atoms with Crippen molar-refractivity contribution in [2.24, 2.45) is 0 Å². The lowest BCUT2D eigenvalue weighted by Gasteiger charge is -2.23. The molecule has 0 saturated carbocycles. The van der Waals surface area contributed by atoms with E-state index in [1.54, 1.807) is 0 Å². The van der Waals surface area contributed by atoms with Crippen molar-refractivity contribution in [1.29, 1.82) is 0 Å². The van der Waals surface area contributed by atoms with Crippen LogP contribution in [-0.4, -0.2) is 25.2 Å². The Morgan fingerprint density at radius 1 is 1.39 bits per heavy atom. The van der Waals surface area contributed by atoms with Gasteiger partial charge in [0, 0.05) is 12.6 Å². The fraction of sp³-hybridized carbons (Fsp3) is 0.357. The molecule has 18 heavy (non-hydrogen) atoms. The monoisotopic (exact) mass is 247 g/mol. The van der Waals surface area contributed by atoms with Crippen molar-refractivity contribution >= 4 is 11.6 Å². The van der Waals surface area contributed by atoms with Crippen molar-refractivity contribution in [3.63, 3.8) is 0 Å². The molecule has 0 spiro atoms. The number of amides is 1. The third-order valence-corrected chi connectivity index (χ3v) is 2.75. The lowest BCUT2D eigenvalue weighted by atomic mass is 10.1. The summed E-state index contributed by atoms with van der Waals surface area (Å²) in [5.74, 6) is 0.690. The maximum Gasteiger partial charge on any atom is 0.221 e. The second-order valence-electron chi connectivity index (χ2n) is 4.30. The molecule has 1 heterocycles. The van der Waals surface area contributed by atoms with Crippen LogP contribution in [0.3, 0.4) is 0 Å². The Hall–Kier alpha value is -1.81. The Kier molecular flexibility index (Phi) is 3.99. The Morgan fingerprint density at radius 2 is 2.11 bits per heavy atom. The van der Waals surface area contributed by atoms with Crippen LogP contribution in [0.5, 0.6) is 5.75 Å². The van der Waals surface area contributed by atoms with Crippen LogP contribution in [0.1, 0.15) is 13.8 Å². The smallest absolute Gasteiger partial charge is 0.221 e. The molecule has 0 fully saturated rings. The molecule has 2 rings (SSSR count). The van der Waals surface area contributed by atoms with E-state index in [1.165, 1.54) is 12.5 Å². The predicted molar refractivity (Wildman–Crippen MR) is 69.7 cm³/mol. The standard InChI is InChI=1S/C14H17NO3/c1-10-7-8-17-9-14(10)18-13-5-3-12(4-6-13)15-11(2)16/h3-7,14H,8-9H2,1-2H3,(H,15,16). The number of carbonyl (C=O) groups excluding carboxylic acids is 1. The van der Waals surface area contributed by atoms with E-state index in [0.29, 0.717) is 13.2 Å². The molecule has 1 aromatic rings. The van der Waals surface area contributed by atoms with Crippen molar-refractivity contribution in [3.8, 4) is 5.75 Å². The number of nitrogens with one attached hydrogen (secondary N) is 1. The van der Waals surface area contributed by atoms with Gasteiger partial charge in [-0.3, -0.25) is 4.79 Å². The summed E-state index contributed by atoms with van der Waals surface area (Å²) in [6, 6.07) is 7.32. The normalized spacial score (nSPS) is 19.0. The number of ether oxygens (including phenoxy) is 2. The molecule has 1 atom stereocenters. The highest BCUT2D eigenvalue weighted by Gasteiger charge is 2.16. The van der Waals surface area contributed by atoms with E-state index in [2.05, 4.69) is 5.32 Å². The zero-order valence-corrected chi connectivity index (χ0v) is 10.6. The summed E-state index contributed by atoms with van der Waals surface area (Å²) < 4.78 is 11.2. The second-order valence-corrected chi connectivity index (χ2v) is 4.30. The van der Waals surface area contributed by atoms with Gasteiger partial charge in [0.15, 0.2) is 0 Å². The van der Waals surface area contributed by atoms with Crippen molar-refractivity contribution in [1.82, 2.24) is 0 Å². The molecule has 1 N–H and O–H groups in total. The molecule has 1 aromatic carbocycles. The SMILES string of the molecule is CC(=O)Nc1ccc(OC2COCC=C2C)cc1. The third kappa shape index (κ3) is 3.34. The molecule has 0 saturated heterocycles. The van der Waals surface area contributed by atoms with E-state index in [0.717, 1.165) is 11.4 Å². The fourth-order valence-corrected chi connectivity index (χ4v) is 1.74. The Bertz CT molecular complexity index is 451. The Balaban J connectivity index is 1.99. The van der Waals surface area contributed by atoms with Crippen LogP contribution in [0.4, 0.5) is 5.69 Å². The van der Waals surface area contributed by atoms with Gasteiger partial charge in [-0.25, -0.2) is 0 Å². The molecule has 0 radical (unpaired) electrons. The molecule has 1 aliphatic rings. The van der Waals surface area contributed by atoms with Crippen molar-refractivity contribution in [3.05, 3.63) is 35.9 Å². The first-order valence-corrected chi connectivity index (χ1v) is 5.94. The maximum atomic E-state index is 10.9. The Morgan fingerprint density at radius 3 is 2.72 bits per heavy atom. The summed E-state index contributed by atoms with van der Waals surface area (Å²) >= 11 is 0. The van der Waals surface area contributed by atoms with Gasteiger partial charge in [-0.1, -0.05) is 6.08 Å². The van der Waals surface area contributed by atoms with Gasteiger partial charge in [0.25, 0.3) is 0 Å². The zero-order chi connectivity index (χ0) is 13.0. The lowest BCUT2D eigenvalue weighted by Crippen LogP contribution is -2.28. The van der Waals surface area contributed by atoms with Crippen LogP contribution in [0.15, 0.2) is 35.9 Å². The van der Waals surface area contributed by atoms with Crippen molar-refractivity contribution < 1.29 is 14.3 Å². The van der Waals surface area contributed by atoms with Crippen LogP contribution in [0.25, 0.3) is 0 Å². The van der Waals surface area contributed by atoms with Crippen molar-refractivity contribution in [2.45, 2.75) is 20.0 Å². The largest absolute Gasteiger partial charge is 0.484 e. The van der Waals surface area contributed by atoms with E-state index >= 15 is 0 Å². The average Bonchev–Trinajstić information content (AvgIpc) is 2.34. The van der Waals surface area contributed by atoms with Crippen LogP contribution in [0, 0.1) is 0 Å². The second kappa shape index (κ2) is 5.69. The first kappa shape index (κ1) is 12.6. The maximum absolute atomic E-state index is 10.9. The van der Waals surface area contributed by atoms with Crippen LogP contribution < -0.4 is 10.1 Å². The minimum Gasteiger partial charge on any atom is -0.484 e. The summed E-state index contributed by atoms with van der Waals surface area (Å²) in [6.07, 6.45) is 2.00. The summed E-state index contributed by atoms with van der Waals surface area (Å²) in [6.45, 7) is 4.76. The molecule has 96 valence electrons. The lowest BCUT2D eigenvalue weighted by molar-refractivity contribution is -0.114. The molecule has 0 aliphatic carbocycles. The Labute approximate surface area is 107 Å². The number of rotatable bonds is 3. The molecule has 4 nitrogen and oxygen atoms in total. The third-order valence-electron chi connectivity index (χ3n) is 2.75. The minimum absolute atomic E-state index is 0.0228. The number of benzene rings is 1. The van der Waals surface area contributed by atoms with Crippen LogP contribution >= 0.6 is 0 Å². The molecule has 4 heteroatoms. The molecule has 0 aromatic heterocycles. The van der Waals surface area contributed by atoms with E-state index in [4.69, 9.17) is 9.47 Å². The van der Waals surface area contributed by atoms with Gasteiger partial charge in [0.2, 0.25) is 5.91 Å². The summed E-state index contributed by atoms with van der Waals surface area (Å²) in [4.78, 5) is 10.9.